The van der Waals surface area contributed by atoms with Gasteiger partial charge in [-0.2, -0.15) is 0 Å². The first-order chi connectivity index (χ1) is 8.04. The number of nitrogens with zero attached hydrogens (tertiary/aromatic N) is 1. The second-order valence-corrected chi connectivity index (χ2v) is 4.19. The monoisotopic (exact) mass is 235 g/mol. The number of hydrogen-bond donors (Lipinski definition) is 0. The van der Waals surface area contributed by atoms with Crippen LogP contribution in [0.1, 0.15) is 44.6 Å². The molecule has 0 aromatic heterocycles. The van der Waals surface area contributed by atoms with E-state index in [2.05, 4.69) is 6.92 Å². The zero-order valence-corrected chi connectivity index (χ0v) is 10.2. The van der Waals surface area contributed by atoms with E-state index in [-0.39, 0.29) is 11.5 Å². The number of rotatable bonds is 6. The first kappa shape index (κ1) is 13.4. The van der Waals surface area contributed by atoms with Crippen molar-refractivity contribution in [1.29, 1.82) is 0 Å². The van der Waals surface area contributed by atoms with E-state index in [9.17, 15) is 14.9 Å². The molecule has 1 atom stereocenters. The van der Waals surface area contributed by atoms with Gasteiger partial charge in [0.15, 0.2) is 0 Å². The van der Waals surface area contributed by atoms with Crippen LogP contribution in [0.5, 0.6) is 0 Å². The molecule has 17 heavy (non-hydrogen) atoms. The van der Waals surface area contributed by atoms with E-state index in [1.165, 1.54) is 12.1 Å². The molecule has 0 fully saturated rings. The molecule has 92 valence electrons. The molecule has 0 saturated heterocycles. The largest absolute Gasteiger partial charge is 0.300 e. The van der Waals surface area contributed by atoms with Crippen LogP contribution in [0.2, 0.25) is 0 Å². The van der Waals surface area contributed by atoms with Crippen LogP contribution in [0.25, 0.3) is 0 Å². The molecule has 0 saturated carbocycles. The van der Waals surface area contributed by atoms with Crippen molar-refractivity contribution in [3.05, 3.63) is 39.9 Å². The van der Waals surface area contributed by atoms with Crippen molar-refractivity contribution in [1.82, 2.24) is 0 Å². The van der Waals surface area contributed by atoms with Gasteiger partial charge >= 0.3 is 0 Å². The van der Waals surface area contributed by atoms with E-state index >= 15 is 0 Å². The minimum atomic E-state index is -0.402. The van der Waals surface area contributed by atoms with E-state index in [0.717, 1.165) is 18.4 Å². The molecule has 4 nitrogen and oxygen atoms in total. The van der Waals surface area contributed by atoms with E-state index < -0.39 is 4.92 Å². The maximum absolute atomic E-state index is 10.9. The van der Waals surface area contributed by atoms with Gasteiger partial charge in [0, 0.05) is 18.6 Å². The van der Waals surface area contributed by atoms with Crippen molar-refractivity contribution in [3.63, 3.8) is 0 Å². The summed E-state index contributed by atoms with van der Waals surface area (Å²) in [6, 6.07) is 6.61. The summed E-state index contributed by atoms with van der Waals surface area (Å²) in [6.45, 7) is 3.65. The van der Waals surface area contributed by atoms with E-state index in [1.54, 1.807) is 19.1 Å². The lowest BCUT2D eigenvalue weighted by Crippen LogP contribution is -2.01. The van der Waals surface area contributed by atoms with Crippen LogP contribution in [0, 0.1) is 10.1 Å². The van der Waals surface area contributed by atoms with Crippen LogP contribution in [-0.4, -0.2) is 10.7 Å². The molecule has 0 bridgehead atoms. The number of hydrogen-bond acceptors (Lipinski definition) is 3. The molecule has 1 unspecified atom stereocenters. The van der Waals surface area contributed by atoms with Crippen molar-refractivity contribution in [2.45, 2.75) is 39.0 Å². The Morgan fingerprint density at radius 3 is 2.35 bits per heavy atom. The summed E-state index contributed by atoms with van der Waals surface area (Å²) in [6.07, 6.45) is 2.31. The van der Waals surface area contributed by atoms with Crippen LogP contribution in [-0.2, 0) is 4.79 Å². The van der Waals surface area contributed by atoms with Crippen LogP contribution >= 0.6 is 0 Å². The quantitative estimate of drug-likeness (QED) is 0.560. The second-order valence-electron chi connectivity index (χ2n) is 4.19. The lowest BCUT2D eigenvalue weighted by molar-refractivity contribution is -0.384. The van der Waals surface area contributed by atoms with Gasteiger partial charge in [0.1, 0.15) is 5.78 Å². The Kier molecular flexibility index (Phi) is 4.82. The number of Topliss-reactive ketones (excluding diaryl/α,β-unsaturated/α-hetero) is 1. The van der Waals surface area contributed by atoms with Gasteiger partial charge in [0.2, 0.25) is 0 Å². The maximum atomic E-state index is 10.9. The third kappa shape index (κ3) is 3.98. The Balaban J connectivity index is 2.75. The lowest BCUT2D eigenvalue weighted by atomic mass is 9.91. The minimum absolute atomic E-state index is 0.107. The van der Waals surface area contributed by atoms with Gasteiger partial charge in [-0.25, -0.2) is 0 Å². The fourth-order valence-electron chi connectivity index (χ4n) is 1.85. The highest BCUT2D eigenvalue weighted by molar-refractivity contribution is 5.75. The molecule has 0 heterocycles. The zero-order valence-electron chi connectivity index (χ0n) is 10.2. The summed E-state index contributed by atoms with van der Waals surface area (Å²) in [7, 11) is 0. The molecule has 1 aromatic carbocycles. The molecule has 1 rings (SSSR count). The molecule has 0 aliphatic heterocycles. The highest BCUT2D eigenvalue weighted by Gasteiger charge is 2.12. The third-order valence-corrected chi connectivity index (χ3v) is 2.91. The summed E-state index contributed by atoms with van der Waals surface area (Å²) in [5, 5.41) is 10.5. The van der Waals surface area contributed by atoms with Gasteiger partial charge in [-0.15, -0.1) is 0 Å². The number of benzene rings is 1. The fraction of sp³-hybridized carbons (Fsp3) is 0.462. The summed E-state index contributed by atoms with van der Waals surface area (Å²) < 4.78 is 0. The van der Waals surface area contributed by atoms with E-state index in [4.69, 9.17) is 0 Å². The summed E-state index contributed by atoms with van der Waals surface area (Å²) in [5.41, 5.74) is 1.18. The predicted octanol–water partition coefficient (Wildman–Crippen LogP) is 3.46. The Morgan fingerprint density at radius 1 is 1.35 bits per heavy atom. The average molecular weight is 235 g/mol. The molecule has 0 radical (unpaired) electrons. The number of carbonyl (C=O) groups excluding carboxylic acids is 1. The normalized spacial score (nSPS) is 12.1. The van der Waals surface area contributed by atoms with Crippen molar-refractivity contribution in [3.8, 4) is 0 Å². The van der Waals surface area contributed by atoms with Crippen LogP contribution in [0.3, 0.4) is 0 Å². The SMILES string of the molecule is CCC(CCC(C)=O)c1ccc([N+](=O)[O-])cc1. The van der Waals surface area contributed by atoms with Crippen molar-refractivity contribution >= 4 is 11.5 Å². The molecule has 1 aromatic rings. The first-order valence-corrected chi connectivity index (χ1v) is 5.78. The topological polar surface area (TPSA) is 60.2 Å². The van der Waals surface area contributed by atoms with Gasteiger partial charge in [-0.3, -0.25) is 10.1 Å². The first-order valence-electron chi connectivity index (χ1n) is 5.78. The highest BCUT2D eigenvalue weighted by atomic mass is 16.6. The number of nitro groups is 1. The minimum Gasteiger partial charge on any atom is -0.300 e. The van der Waals surface area contributed by atoms with Crippen molar-refractivity contribution in [2.75, 3.05) is 0 Å². The molecule has 0 spiro atoms. The third-order valence-electron chi connectivity index (χ3n) is 2.91. The molecule has 0 amide bonds. The lowest BCUT2D eigenvalue weighted by Gasteiger charge is -2.14. The number of nitro benzene ring substituents is 1. The summed E-state index contributed by atoms with van der Waals surface area (Å²) >= 11 is 0. The van der Waals surface area contributed by atoms with Gasteiger partial charge in [0.25, 0.3) is 5.69 Å². The molecule has 4 heteroatoms. The van der Waals surface area contributed by atoms with E-state index in [0.29, 0.717) is 12.3 Å². The summed E-state index contributed by atoms with van der Waals surface area (Å²) in [5.74, 6) is 0.491. The Hall–Kier alpha value is -1.71. The average Bonchev–Trinajstić information content (AvgIpc) is 2.30. The number of carbonyl (C=O) groups is 1. The predicted molar refractivity (Wildman–Crippen MR) is 66.0 cm³/mol. The molecule has 0 aliphatic carbocycles. The van der Waals surface area contributed by atoms with Crippen LogP contribution in [0.4, 0.5) is 5.69 Å². The fourth-order valence-corrected chi connectivity index (χ4v) is 1.85. The second kappa shape index (κ2) is 6.13. The zero-order chi connectivity index (χ0) is 12.8. The maximum Gasteiger partial charge on any atom is 0.269 e. The Bertz CT molecular complexity index is 398. The molecule has 0 aliphatic rings. The Morgan fingerprint density at radius 2 is 1.94 bits per heavy atom. The Labute approximate surface area is 101 Å². The van der Waals surface area contributed by atoms with Gasteiger partial charge in [-0.05, 0) is 31.2 Å². The van der Waals surface area contributed by atoms with Crippen LogP contribution in [0.15, 0.2) is 24.3 Å². The van der Waals surface area contributed by atoms with Crippen molar-refractivity contribution < 1.29 is 9.72 Å². The molecular weight excluding hydrogens is 218 g/mol. The van der Waals surface area contributed by atoms with Crippen LogP contribution < -0.4 is 0 Å². The summed E-state index contributed by atoms with van der Waals surface area (Å²) in [4.78, 5) is 21.1. The smallest absolute Gasteiger partial charge is 0.269 e. The van der Waals surface area contributed by atoms with Gasteiger partial charge < -0.3 is 4.79 Å². The van der Waals surface area contributed by atoms with Crippen molar-refractivity contribution in [2.24, 2.45) is 0 Å². The highest BCUT2D eigenvalue weighted by Crippen LogP contribution is 2.26. The molecular formula is C13H17NO3. The standard InChI is InChI=1S/C13H17NO3/c1-3-11(5-4-10(2)15)12-6-8-13(9-7-12)14(16)17/h6-9,11H,3-5H2,1-2H3. The molecule has 0 N–H and O–H groups in total. The van der Waals surface area contributed by atoms with Gasteiger partial charge in [-0.1, -0.05) is 19.1 Å². The number of ketones is 1. The van der Waals surface area contributed by atoms with E-state index in [1.807, 2.05) is 0 Å². The van der Waals surface area contributed by atoms with Gasteiger partial charge in [0.05, 0.1) is 4.92 Å². The number of non-ortho nitro benzene ring substituents is 1.